The Labute approximate surface area is 115 Å². The number of aromatic nitrogens is 1. The summed E-state index contributed by atoms with van der Waals surface area (Å²) in [6.07, 6.45) is -3.61. The summed E-state index contributed by atoms with van der Waals surface area (Å²) in [4.78, 5) is 27.6. The number of nitrogens with zero attached hydrogens (tertiary/aromatic N) is 1. The van der Waals surface area contributed by atoms with Crippen LogP contribution in [0, 0.1) is 0 Å². The number of thiazole rings is 1. The molecular weight excluding hydrogens is 291 g/mol. The van der Waals surface area contributed by atoms with Crippen LogP contribution in [0.3, 0.4) is 0 Å². The molecule has 0 unspecified atom stereocenters. The zero-order chi connectivity index (χ0) is 14.5. The van der Waals surface area contributed by atoms with E-state index in [0.717, 1.165) is 6.20 Å². The maximum Gasteiger partial charge on any atom is 0.443 e. The molecule has 1 aromatic carbocycles. The predicted molar refractivity (Wildman–Crippen MR) is 65.0 cm³/mol. The van der Waals surface area contributed by atoms with Crippen LogP contribution in [-0.2, 0) is 6.18 Å². The fraction of sp³-hybridized carbons (Fsp3) is 0.154. The molecule has 0 saturated heterocycles. The largest absolute Gasteiger partial charge is 0.443 e. The fourth-order valence-corrected chi connectivity index (χ4v) is 3.03. The number of rotatable bonds is 1. The molecule has 0 fully saturated rings. The Bertz CT molecular complexity index is 685. The van der Waals surface area contributed by atoms with Crippen LogP contribution in [0.25, 0.3) is 0 Å². The molecule has 20 heavy (non-hydrogen) atoms. The van der Waals surface area contributed by atoms with Crippen molar-refractivity contribution < 1.29 is 22.8 Å². The third kappa shape index (κ3) is 1.85. The van der Waals surface area contributed by atoms with Crippen LogP contribution >= 0.6 is 11.3 Å². The van der Waals surface area contributed by atoms with E-state index in [1.807, 2.05) is 0 Å². The lowest BCUT2D eigenvalue weighted by Gasteiger charge is -2.02. The van der Waals surface area contributed by atoms with Gasteiger partial charge in [0.1, 0.15) is 5.92 Å². The van der Waals surface area contributed by atoms with E-state index in [4.69, 9.17) is 0 Å². The Morgan fingerprint density at radius 3 is 2.05 bits per heavy atom. The van der Waals surface area contributed by atoms with Gasteiger partial charge in [-0.15, -0.1) is 11.3 Å². The van der Waals surface area contributed by atoms with Crippen LogP contribution in [0.4, 0.5) is 13.2 Å². The lowest BCUT2D eigenvalue weighted by Crippen LogP contribution is -2.11. The van der Waals surface area contributed by atoms with Gasteiger partial charge in [0.25, 0.3) is 0 Å². The number of alkyl halides is 3. The summed E-state index contributed by atoms with van der Waals surface area (Å²) >= 11 is 0.337. The Kier molecular flexibility index (Phi) is 2.75. The highest BCUT2D eigenvalue weighted by molar-refractivity contribution is 7.12. The molecule has 7 heteroatoms. The highest BCUT2D eigenvalue weighted by atomic mass is 32.1. The smallest absolute Gasteiger partial charge is 0.293 e. The fourth-order valence-electron chi connectivity index (χ4n) is 2.15. The molecule has 0 radical (unpaired) electrons. The first-order valence-electron chi connectivity index (χ1n) is 5.60. The van der Waals surface area contributed by atoms with Gasteiger partial charge in [0.05, 0.1) is 0 Å². The quantitative estimate of drug-likeness (QED) is 0.759. The number of hydrogen-bond acceptors (Lipinski definition) is 4. The van der Waals surface area contributed by atoms with Gasteiger partial charge in [-0.3, -0.25) is 9.59 Å². The van der Waals surface area contributed by atoms with Gasteiger partial charge in [-0.25, -0.2) is 4.98 Å². The van der Waals surface area contributed by atoms with Crippen LogP contribution < -0.4 is 0 Å². The van der Waals surface area contributed by atoms with Gasteiger partial charge in [-0.2, -0.15) is 13.2 Å². The second-order valence-electron chi connectivity index (χ2n) is 4.27. The average molecular weight is 297 g/mol. The van der Waals surface area contributed by atoms with Crippen molar-refractivity contribution in [1.29, 1.82) is 0 Å². The second kappa shape index (κ2) is 4.24. The molecule has 0 amide bonds. The van der Waals surface area contributed by atoms with Gasteiger partial charge in [0.15, 0.2) is 16.6 Å². The number of benzene rings is 1. The molecule has 3 rings (SSSR count). The Morgan fingerprint density at radius 2 is 1.60 bits per heavy atom. The highest BCUT2D eigenvalue weighted by Gasteiger charge is 2.42. The number of halogens is 3. The summed E-state index contributed by atoms with van der Waals surface area (Å²) in [7, 11) is 0. The lowest BCUT2D eigenvalue weighted by atomic mass is 10.0. The number of ketones is 2. The number of hydrogen-bond donors (Lipinski definition) is 0. The van der Waals surface area contributed by atoms with Crippen molar-refractivity contribution in [2.24, 2.45) is 0 Å². The number of Topliss-reactive ketones (excluding diaryl/α,β-unsaturated/α-hetero) is 2. The van der Waals surface area contributed by atoms with Crippen molar-refractivity contribution in [3.05, 3.63) is 51.5 Å². The van der Waals surface area contributed by atoms with Gasteiger partial charge >= 0.3 is 6.18 Å². The van der Waals surface area contributed by atoms with Gasteiger partial charge in [-0.05, 0) is 0 Å². The molecule has 0 spiro atoms. The Balaban J connectivity index is 2.03. The number of fused-ring (bicyclic) bond motifs is 1. The Hall–Kier alpha value is -2.02. The van der Waals surface area contributed by atoms with Crippen molar-refractivity contribution in [3.63, 3.8) is 0 Å². The van der Waals surface area contributed by atoms with Crippen LogP contribution in [0.15, 0.2) is 30.5 Å². The first-order valence-corrected chi connectivity index (χ1v) is 6.41. The molecule has 3 nitrogen and oxygen atoms in total. The summed E-state index contributed by atoms with van der Waals surface area (Å²) in [5, 5.41) is -1.05. The van der Waals surface area contributed by atoms with Crippen LogP contribution in [0.5, 0.6) is 0 Å². The maximum absolute atomic E-state index is 12.5. The minimum atomic E-state index is -4.57. The monoisotopic (exact) mass is 297 g/mol. The molecule has 1 aromatic heterocycles. The van der Waals surface area contributed by atoms with Gasteiger partial charge in [-0.1, -0.05) is 24.3 Å². The average Bonchev–Trinajstić information content (AvgIpc) is 2.95. The van der Waals surface area contributed by atoms with Crippen molar-refractivity contribution >= 4 is 22.9 Å². The maximum atomic E-state index is 12.5. The minimum absolute atomic E-state index is 0.0310. The topological polar surface area (TPSA) is 47.0 Å². The van der Waals surface area contributed by atoms with E-state index in [1.165, 1.54) is 12.1 Å². The molecule has 1 aliphatic rings. The zero-order valence-corrected chi connectivity index (χ0v) is 10.6. The van der Waals surface area contributed by atoms with Crippen LogP contribution in [-0.4, -0.2) is 16.6 Å². The summed E-state index contributed by atoms with van der Waals surface area (Å²) in [5.74, 6) is -2.13. The van der Waals surface area contributed by atoms with Gasteiger partial charge < -0.3 is 0 Å². The summed E-state index contributed by atoms with van der Waals surface area (Å²) < 4.78 is 37.6. The molecule has 0 atom stereocenters. The van der Waals surface area contributed by atoms with Crippen LogP contribution in [0.1, 0.15) is 36.5 Å². The SMILES string of the molecule is O=C1c2ccccc2C(=O)C1c1cnc(C(F)(F)F)s1. The number of carbonyl (C=O) groups excluding carboxylic acids is 2. The molecule has 0 N–H and O–H groups in total. The molecule has 0 aliphatic heterocycles. The third-order valence-electron chi connectivity index (χ3n) is 3.03. The van der Waals surface area contributed by atoms with Crippen molar-refractivity contribution in [2.75, 3.05) is 0 Å². The van der Waals surface area contributed by atoms with E-state index in [2.05, 4.69) is 4.98 Å². The normalized spacial score (nSPS) is 15.8. The van der Waals surface area contributed by atoms with Gasteiger partial charge in [0.2, 0.25) is 0 Å². The van der Waals surface area contributed by atoms with Crippen molar-refractivity contribution in [1.82, 2.24) is 4.98 Å². The van der Waals surface area contributed by atoms with Crippen molar-refractivity contribution in [3.8, 4) is 0 Å². The predicted octanol–water partition coefficient (Wildman–Crippen LogP) is 3.32. The molecule has 102 valence electrons. The lowest BCUT2D eigenvalue weighted by molar-refractivity contribution is -0.137. The summed E-state index contributed by atoms with van der Waals surface area (Å²) in [5.41, 5.74) is 0.508. The molecule has 2 aromatic rings. The summed E-state index contributed by atoms with van der Waals surface area (Å²) in [6, 6.07) is 6.23. The van der Waals surface area contributed by atoms with E-state index in [1.54, 1.807) is 12.1 Å². The molecule has 1 heterocycles. The van der Waals surface area contributed by atoms with Crippen molar-refractivity contribution in [2.45, 2.75) is 12.1 Å². The van der Waals surface area contributed by atoms with Gasteiger partial charge in [0, 0.05) is 22.2 Å². The highest BCUT2D eigenvalue weighted by Crippen LogP contribution is 2.39. The van der Waals surface area contributed by atoms with E-state index in [-0.39, 0.29) is 16.0 Å². The zero-order valence-electron chi connectivity index (χ0n) is 9.77. The minimum Gasteiger partial charge on any atom is -0.293 e. The molecular formula is C13H6F3NO2S. The summed E-state index contributed by atoms with van der Waals surface area (Å²) in [6.45, 7) is 0. The Morgan fingerprint density at radius 1 is 1.05 bits per heavy atom. The molecule has 0 saturated carbocycles. The standard InChI is InChI=1S/C13H6F3NO2S/c14-13(15,16)12-17-5-8(20-12)9-10(18)6-3-1-2-4-7(6)11(9)19/h1-5,9H. The first kappa shape index (κ1) is 13.0. The van der Waals surface area contributed by atoms with Crippen LogP contribution in [0.2, 0.25) is 0 Å². The van der Waals surface area contributed by atoms with E-state index in [9.17, 15) is 22.8 Å². The second-order valence-corrected chi connectivity index (χ2v) is 5.33. The van der Waals surface area contributed by atoms with E-state index >= 15 is 0 Å². The molecule has 1 aliphatic carbocycles. The van der Waals surface area contributed by atoms with E-state index < -0.39 is 28.7 Å². The van der Waals surface area contributed by atoms with E-state index in [0.29, 0.717) is 11.3 Å². The number of carbonyl (C=O) groups is 2. The first-order chi connectivity index (χ1) is 9.39. The third-order valence-corrected chi connectivity index (χ3v) is 4.14. The molecule has 0 bridgehead atoms.